The summed E-state index contributed by atoms with van der Waals surface area (Å²) in [5.74, 6) is -2.62. The standard InChI is InChI=1S/C21H19F5N4O/c1-11(2)19-15(20(31)29-12(3)13-4-6-16(22)17(23)8-13)10-28-30(19)18-7-5-14(9-27-18)21(24,25)26/h4-12H,1-3H3,(H,29,31). The Morgan fingerprint density at radius 1 is 1.03 bits per heavy atom. The van der Waals surface area contributed by atoms with Crippen molar-refractivity contribution >= 4 is 5.91 Å². The summed E-state index contributed by atoms with van der Waals surface area (Å²) in [6.07, 6.45) is -2.52. The number of halogens is 5. The predicted molar refractivity (Wildman–Crippen MR) is 103 cm³/mol. The van der Waals surface area contributed by atoms with Crippen molar-refractivity contribution in [2.24, 2.45) is 0 Å². The van der Waals surface area contributed by atoms with Crippen LogP contribution in [0.15, 0.2) is 42.7 Å². The summed E-state index contributed by atoms with van der Waals surface area (Å²) in [7, 11) is 0. The second-order valence-corrected chi connectivity index (χ2v) is 7.28. The third-order valence-corrected chi connectivity index (χ3v) is 4.68. The molecule has 1 N–H and O–H groups in total. The van der Waals surface area contributed by atoms with Crippen molar-refractivity contribution < 1.29 is 26.7 Å². The fraction of sp³-hybridized carbons (Fsp3) is 0.286. The topological polar surface area (TPSA) is 59.8 Å². The maximum atomic E-state index is 13.5. The van der Waals surface area contributed by atoms with Crippen LogP contribution >= 0.6 is 0 Å². The molecular weight excluding hydrogens is 419 g/mol. The molecule has 5 nitrogen and oxygen atoms in total. The molecule has 10 heteroatoms. The van der Waals surface area contributed by atoms with Crippen LogP contribution in [-0.2, 0) is 6.18 Å². The Morgan fingerprint density at radius 3 is 2.29 bits per heavy atom. The van der Waals surface area contributed by atoms with Crippen LogP contribution in [0, 0.1) is 11.6 Å². The van der Waals surface area contributed by atoms with Crippen LogP contribution in [0.3, 0.4) is 0 Å². The number of nitrogens with one attached hydrogen (secondary N) is 1. The Hall–Kier alpha value is -3.30. The van der Waals surface area contributed by atoms with Gasteiger partial charge in [0.1, 0.15) is 0 Å². The maximum Gasteiger partial charge on any atom is 0.417 e. The highest BCUT2D eigenvalue weighted by molar-refractivity contribution is 5.95. The third kappa shape index (κ3) is 4.73. The lowest BCUT2D eigenvalue weighted by molar-refractivity contribution is -0.137. The molecular formula is C21H19F5N4O. The Bertz CT molecular complexity index is 1090. The smallest absolute Gasteiger partial charge is 0.345 e. The first-order valence-electron chi connectivity index (χ1n) is 9.36. The minimum Gasteiger partial charge on any atom is -0.345 e. The lowest BCUT2D eigenvalue weighted by Gasteiger charge is -2.16. The van der Waals surface area contributed by atoms with E-state index in [2.05, 4.69) is 15.4 Å². The van der Waals surface area contributed by atoms with Crippen LogP contribution in [0.5, 0.6) is 0 Å². The van der Waals surface area contributed by atoms with E-state index in [9.17, 15) is 26.7 Å². The van der Waals surface area contributed by atoms with Crippen LogP contribution in [0.4, 0.5) is 22.0 Å². The van der Waals surface area contributed by atoms with Gasteiger partial charge in [-0.3, -0.25) is 4.79 Å². The molecule has 0 saturated heterocycles. The maximum absolute atomic E-state index is 13.5. The number of carbonyl (C=O) groups excluding carboxylic acids is 1. The molecule has 0 aliphatic heterocycles. The lowest BCUT2D eigenvalue weighted by atomic mass is 10.0. The Balaban J connectivity index is 1.89. The number of pyridine rings is 1. The van der Waals surface area contributed by atoms with E-state index in [0.717, 1.165) is 18.2 Å². The second-order valence-electron chi connectivity index (χ2n) is 7.28. The van der Waals surface area contributed by atoms with E-state index in [-0.39, 0.29) is 17.3 Å². The zero-order valence-electron chi connectivity index (χ0n) is 16.8. The predicted octanol–water partition coefficient (Wildman–Crippen LogP) is 5.18. The molecule has 0 aliphatic rings. The average molecular weight is 438 g/mol. The molecule has 1 atom stereocenters. The van der Waals surface area contributed by atoms with E-state index in [1.807, 2.05) is 0 Å². The minimum absolute atomic E-state index is 0.129. The quantitative estimate of drug-likeness (QED) is 0.559. The molecule has 1 aromatic carbocycles. The Kier molecular flexibility index (Phi) is 6.10. The van der Waals surface area contributed by atoms with Crippen LogP contribution in [0.1, 0.15) is 59.9 Å². The highest BCUT2D eigenvalue weighted by Gasteiger charge is 2.31. The number of hydrogen-bond acceptors (Lipinski definition) is 3. The molecule has 0 aliphatic carbocycles. The summed E-state index contributed by atoms with van der Waals surface area (Å²) in [6.45, 7) is 5.21. The molecule has 2 aromatic heterocycles. The van der Waals surface area contributed by atoms with Crippen LogP contribution in [0.25, 0.3) is 5.82 Å². The van der Waals surface area contributed by atoms with Crippen molar-refractivity contribution in [3.63, 3.8) is 0 Å². The first-order valence-corrected chi connectivity index (χ1v) is 9.36. The molecule has 0 saturated carbocycles. The van der Waals surface area contributed by atoms with Gasteiger partial charge < -0.3 is 5.32 Å². The number of nitrogens with zero attached hydrogens (tertiary/aromatic N) is 3. The molecule has 0 radical (unpaired) electrons. The average Bonchev–Trinajstić information content (AvgIpc) is 3.15. The zero-order valence-corrected chi connectivity index (χ0v) is 16.8. The number of carbonyl (C=O) groups is 1. The van der Waals surface area contributed by atoms with E-state index in [4.69, 9.17) is 0 Å². The number of hydrogen-bond donors (Lipinski definition) is 1. The first-order chi connectivity index (χ1) is 14.5. The summed E-state index contributed by atoms with van der Waals surface area (Å²) in [5.41, 5.74) is 0.122. The lowest BCUT2D eigenvalue weighted by Crippen LogP contribution is -2.27. The second kappa shape index (κ2) is 8.44. The normalized spacial score (nSPS) is 12.8. The van der Waals surface area contributed by atoms with Crippen LogP contribution in [0.2, 0.25) is 0 Å². The molecule has 0 fully saturated rings. The molecule has 3 rings (SSSR count). The molecule has 0 spiro atoms. The van der Waals surface area contributed by atoms with Gasteiger partial charge in [0.05, 0.1) is 29.1 Å². The molecule has 1 unspecified atom stereocenters. The molecule has 31 heavy (non-hydrogen) atoms. The van der Waals surface area contributed by atoms with Gasteiger partial charge in [0.2, 0.25) is 0 Å². The third-order valence-electron chi connectivity index (χ3n) is 4.68. The zero-order chi connectivity index (χ0) is 22.9. The van der Waals surface area contributed by atoms with E-state index in [0.29, 0.717) is 17.5 Å². The SMILES string of the molecule is CC(C)c1c(C(=O)NC(C)c2ccc(F)c(F)c2)cnn1-c1ccc(C(F)(F)F)cn1. The van der Waals surface area contributed by atoms with Gasteiger partial charge >= 0.3 is 6.18 Å². The number of benzene rings is 1. The van der Waals surface area contributed by atoms with Crippen molar-refractivity contribution in [3.8, 4) is 5.82 Å². The first kappa shape index (κ1) is 22.4. The van der Waals surface area contributed by atoms with Gasteiger partial charge in [0.25, 0.3) is 5.91 Å². The monoisotopic (exact) mass is 438 g/mol. The van der Waals surface area contributed by atoms with Gasteiger partial charge in [0, 0.05) is 6.20 Å². The van der Waals surface area contributed by atoms with Crippen LogP contribution < -0.4 is 5.32 Å². The largest absolute Gasteiger partial charge is 0.417 e. The van der Waals surface area contributed by atoms with Gasteiger partial charge in [-0.05, 0) is 42.7 Å². The summed E-state index contributed by atoms with van der Waals surface area (Å²) < 4.78 is 66.3. The van der Waals surface area contributed by atoms with Gasteiger partial charge in [-0.25, -0.2) is 18.4 Å². The van der Waals surface area contributed by atoms with E-state index in [1.165, 1.54) is 23.0 Å². The summed E-state index contributed by atoms with van der Waals surface area (Å²) >= 11 is 0. The van der Waals surface area contributed by atoms with E-state index in [1.54, 1.807) is 20.8 Å². The van der Waals surface area contributed by atoms with E-state index < -0.39 is 35.3 Å². The molecule has 1 amide bonds. The van der Waals surface area contributed by atoms with Gasteiger partial charge in [-0.2, -0.15) is 18.3 Å². The number of rotatable bonds is 5. The van der Waals surface area contributed by atoms with Gasteiger partial charge in [-0.1, -0.05) is 19.9 Å². The fourth-order valence-electron chi connectivity index (χ4n) is 3.09. The Morgan fingerprint density at radius 2 is 1.74 bits per heavy atom. The molecule has 3 aromatic rings. The van der Waals surface area contributed by atoms with Crippen molar-refractivity contribution in [2.45, 2.75) is 38.9 Å². The number of amides is 1. The molecule has 2 heterocycles. The van der Waals surface area contributed by atoms with Crippen molar-refractivity contribution in [3.05, 3.63) is 76.7 Å². The summed E-state index contributed by atoms with van der Waals surface area (Å²) in [6, 6.07) is 4.77. The van der Waals surface area contributed by atoms with Crippen molar-refractivity contribution in [1.82, 2.24) is 20.1 Å². The summed E-state index contributed by atoms with van der Waals surface area (Å²) in [4.78, 5) is 16.7. The molecule has 0 bridgehead atoms. The summed E-state index contributed by atoms with van der Waals surface area (Å²) in [5, 5.41) is 6.83. The minimum atomic E-state index is -4.52. The van der Waals surface area contributed by atoms with Crippen molar-refractivity contribution in [2.75, 3.05) is 0 Å². The van der Waals surface area contributed by atoms with Crippen molar-refractivity contribution in [1.29, 1.82) is 0 Å². The van der Waals surface area contributed by atoms with Gasteiger partial charge in [-0.15, -0.1) is 0 Å². The highest BCUT2D eigenvalue weighted by atomic mass is 19.4. The van der Waals surface area contributed by atoms with E-state index >= 15 is 0 Å². The number of aromatic nitrogens is 3. The highest BCUT2D eigenvalue weighted by Crippen LogP contribution is 2.29. The fourth-order valence-corrected chi connectivity index (χ4v) is 3.09. The Labute approximate surface area is 174 Å². The van der Waals surface area contributed by atoms with Gasteiger partial charge in [0.15, 0.2) is 17.5 Å². The van der Waals surface area contributed by atoms with Crippen LogP contribution in [-0.4, -0.2) is 20.7 Å². The number of alkyl halides is 3. The molecule has 164 valence electrons.